The number of nitrogens with zero attached hydrogens (tertiary/aromatic N) is 2. The molecule has 0 fully saturated rings. The fraction of sp³-hybridized carbons (Fsp3) is 0. The van der Waals surface area contributed by atoms with E-state index in [9.17, 15) is 0 Å². The Hall–Kier alpha value is -0.530. The highest BCUT2D eigenvalue weighted by Crippen LogP contribution is 2.34. The highest BCUT2D eigenvalue weighted by Gasteiger charge is 2.08. The fourth-order valence-electron chi connectivity index (χ4n) is 1.39. The van der Waals surface area contributed by atoms with Crippen LogP contribution in [0, 0.1) is 3.83 Å². The van der Waals surface area contributed by atoms with Crippen LogP contribution >= 0.6 is 45.5 Å². The first-order valence-electron chi connectivity index (χ1n) is 4.31. The monoisotopic (exact) mass is 344 g/mol. The SMILES string of the molecule is Ic1nsc(-c2cc3ccccc3s2)n1. The smallest absolute Gasteiger partial charge is 0.203 e. The standard InChI is InChI=1S/C10H5IN2S2/c11-10-12-9(15-13-10)8-5-6-3-1-2-4-7(6)14-8/h1-5H. The summed E-state index contributed by atoms with van der Waals surface area (Å²) in [6.45, 7) is 0. The molecule has 2 nitrogen and oxygen atoms in total. The number of halogens is 1. The van der Waals surface area contributed by atoms with Crippen molar-refractivity contribution in [3.05, 3.63) is 34.2 Å². The van der Waals surface area contributed by atoms with Crippen molar-refractivity contribution in [2.75, 3.05) is 0 Å². The molecule has 0 radical (unpaired) electrons. The van der Waals surface area contributed by atoms with E-state index in [1.807, 2.05) is 0 Å². The molecule has 0 spiro atoms. The second-order valence-corrected chi connectivity index (χ2v) is 5.82. The second kappa shape index (κ2) is 3.80. The van der Waals surface area contributed by atoms with Crippen LogP contribution in [0.1, 0.15) is 0 Å². The zero-order valence-electron chi connectivity index (χ0n) is 7.48. The van der Waals surface area contributed by atoms with Gasteiger partial charge in [0.25, 0.3) is 0 Å². The number of hydrogen-bond acceptors (Lipinski definition) is 4. The van der Waals surface area contributed by atoms with Crippen LogP contribution in [0.5, 0.6) is 0 Å². The van der Waals surface area contributed by atoms with Crippen molar-refractivity contribution in [3.8, 4) is 9.88 Å². The number of benzene rings is 1. The minimum atomic E-state index is 0.824. The average Bonchev–Trinajstić information content (AvgIpc) is 2.82. The van der Waals surface area contributed by atoms with Gasteiger partial charge in [0.2, 0.25) is 3.83 Å². The summed E-state index contributed by atoms with van der Waals surface area (Å²) in [5, 5.41) is 2.29. The molecular weight excluding hydrogens is 339 g/mol. The predicted octanol–water partition coefficient (Wildman–Crippen LogP) is 4.02. The largest absolute Gasteiger partial charge is 0.209 e. The third kappa shape index (κ3) is 1.79. The lowest BCUT2D eigenvalue weighted by Crippen LogP contribution is -1.70. The van der Waals surface area contributed by atoms with Crippen LogP contribution in [0.4, 0.5) is 0 Å². The molecule has 5 heteroatoms. The lowest BCUT2D eigenvalue weighted by Gasteiger charge is -1.83. The number of rotatable bonds is 1. The van der Waals surface area contributed by atoms with Gasteiger partial charge in [0.05, 0.1) is 4.88 Å². The maximum Gasteiger partial charge on any atom is 0.203 e. The Balaban J connectivity index is 2.19. The molecule has 0 aliphatic rings. The topological polar surface area (TPSA) is 25.8 Å². The van der Waals surface area contributed by atoms with Gasteiger partial charge < -0.3 is 0 Å². The van der Waals surface area contributed by atoms with Crippen molar-refractivity contribution >= 4 is 55.5 Å². The van der Waals surface area contributed by atoms with Gasteiger partial charge in [-0.1, -0.05) is 18.2 Å². The molecule has 0 N–H and O–H groups in total. The van der Waals surface area contributed by atoms with Crippen LogP contribution in [0.25, 0.3) is 20.0 Å². The first kappa shape index (κ1) is 9.68. The molecule has 2 heterocycles. The predicted molar refractivity (Wildman–Crippen MR) is 73.4 cm³/mol. The van der Waals surface area contributed by atoms with Crippen LogP contribution in [-0.2, 0) is 0 Å². The minimum Gasteiger partial charge on any atom is -0.209 e. The molecule has 15 heavy (non-hydrogen) atoms. The second-order valence-electron chi connectivity index (χ2n) is 3.02. The number of hydrogen-bond donors (Lipinski definition) is 0. The van der Waals surface area contributed by atoms with Crippen molar-refractivity contribution in [1.29, 1.82) is 0 Å². The van der Waals surface area contributed by atoms with E-state index in [-0.39, 0.29) is 0 Å². The molecule has 0 atom stereocenters. The summed E-state index contributed by atoms with van der Waals surface area (Å²) in [4.78, 5) is 5.59. The number of fused-ring (bicyclic) bond motifs is 1. The van der Waals surface area contributed by atoms with Gasteiger partial charge in [-0.2, -0.15) is 4.37 Å². The molecule has 3 aromatic rings. The van der Waals surface area contributed by atoms with Gasteiger partial charge in [0.1, 0.15) is 0 Å². The Morgan fingerprint density at radius 1 is 1.20 bits per heavy atom. The third-order valence-electron chi connectivity index (χ3n) is 2.04. The quantitative estimate of drug-likeness (QED) is 0.623. The number of thiophene rings is 1. The Bertz CT molecular complexity index is 581. The first-order valence-corrected chi connectivity index (χ1v) is 6.98. The van der Waals surface area contributed by atoms with Gasteiger partial charge in [0.15, 0.2) is 5.01 Å². The molecular formula is C10H5IN2S2. The molecule has 0 aliphatic carbocycles. The van der Waals surface area contributed by atoms with Crippen LogP contribution in [0.2, 0.25) is 0 Å². The first-order chi connectivity index (χ1) is 7.33. The van der Waals surface area contributed by atoms with Crippen LogP contribution in [-0.4, -0.2) is 9.36 Å². The zero-order chi connectivity index (χ0) is 10.3. The van der Waals surface area contributed by atoms with E-state index in [1.165, 1.54) is 26.5 Å². The van der Waals surface area contributed by atoms with Gasteiger partial charge in [0, 0.05) is 27.3 Å². The summed E-state index contributed by atoms with van der Waals surface area (Å²) in [7, 11) is 0. The molecule has 2 aromatic heterocycles. The Kier molecular flexibility index (Phi) is 2.45. The lowest BCUT2D eigenvalue weighted by atomic mass is 10.2. The van der Waals surface area contributed by atoms with E-state index in [2.05, 4.69) is 62.3 Å². The van der Waals surface area contributed by atoms with Crippen molar-refractivity contribution in [2.45, 2.75) is 0 Å². The third-order valence-corrected chi connectivity index (χ3v) is 4.85. The molecule has 1 aromatic carbocycles. The molecule has 0 saturated heterocycles. The fourth-order valence-corrected chi connectivity index (χ4v) is 3.76. The average molecular weight is 344 g/mol. The van der Waals surface area contributed by atoms with Crippen LogP contribution in [0.3, 0.4) is 0 Å². The summed E-state index contributed by atoms with van der Waals surface area (Å²) >= 11 is 5.37. The maximum absolute atomic E-state index is 4.38. The summed E-state index contributed by atoms with van der Waals surface area (Å²) in [6.07, 6.45) is 0. The maximum atomic E-state index is 4.38. The highest BCUT2D eigenvalue weighted by molar-refractivity contribution is 14.1. The van der Waals surface area contributed by atoms with E-state index in [0.717, 1.165) is 8.84 Å². The highest BCUT2D eigenvalue weighted by atomic mass is 127. The van der Waals surface area contributed by atoms with Crippen molar-refractivity contribution < 1.29 is 0 Å². The molecule has 0 saturated carbocycles. The van der Waals surface area contributed by atoms with Crippen LogP contribution in [0.15, 0.2) is 30.3 Å². The van der Waals surface area contributed by atoms with Gasteiger partial charge in [-0.15, -0.1) is 11.3 Å². The normalized spacial score (nSPS) is 11.0. The van der Waals surface area contributed by atoms with Crippen molar-refractivity contribution in [3.63, 3.8) is 0 Å². The Labute approximate surface area is 108 Å². The summed E-state index contributed by atoms with van der Waals surface area (Å²) < 4.78 is 6.31. The van der Waals surface area contributed by atoms with Crippen molar-refractivity contribution in [2.24, 2.45) is 0 Å². The van der Waals surface area contributed by atoms with E-state index < -0.39 is 0 Å². The summed E-state index contributed by atoms with van der Waals surface area (Å²) in [6, 6.07) is 10.6. The van der Waals surface area contributed by atoms with E-state index >= 15 is 0 Å². The van der Waals surface area contributed by atoms with E-state index in [4.69, 9.17) is 0 Å². The zero-order valence-corrected chi connectivity index (χ0v) is 11.3. The molecule has 3 rings (SSSR count). The molecule has 0 aliphatic heterocycles. The van der Waals surface area contributed by atoms with Crippen LogP contribution < -0.4 is 0 Å². The molecule has 0 amide bonds. The van der Waals surface area contributed by atoms with E-state index in [0.29, 0.717) is 0 Å². The molecule has 74 valence electrons. The van der Waals surface area contributed by atoms with Gasteiger partial charge in [-0.05, 0) is 29.1 Å². The minimum absolute atomic E-state index is 0.824. The van der Waals surface area contributed by atoms with Gasteiger partial charge in [-0.25, -0.2) is 4.98 Å². The molecule has 0 unspecified atom stereocenters. The summed E-state index contributed by atoms with van der Waals surface area (Å²) in [5.41, 5.74) is 0. The van der Waals surface area contributed by atoms with Gasteiger partial charge >= 0.3 is 0 Å². The lowest BCUT2D eigenvalue weighted by molar-refractivity contribution is 1.26. The Morgan fingerprint density at radius 3 is 2.80 bits per heavy atom. The number of aromatic nitrogens is 2. The van der Waals surface area contributed by atoms with E-state index in [1.54, 1.807) is 11.3 Å². The Morgan fingerprint density at radius 2 is 2.07 bits per heavy atom. The summed E-state index contributed by atoms with van der Waals surface area (Å²) in [5.74, 6) is 0. The molecule has 0 bridgehead atoms. The van der Waals surface area contributed by atoms with Gasteiger partial charge in [-0.3, -0.25) is 0 Å². The van der Waals surface area contributed by atoms with Crippen molar-refractivity contribution in [1.82, 2.24) is 9.36 Å².